The van der Waals surface area contributed by atoms with E-state index in [-0.39, 0.29) is 11.9 Å². The fraction of sp³-hybridized carbons (Fsp3) is 0.900. The van der Waals surface area contributed by atoms with Gasteiger partial charge in [-0.15, -0.1) is 0 Å². The van der Waals surface area contributed by atoms with Gasteiger partial charge in [0.2, 0.25) is 0 Å². The summed E-state index contributed by atoms with van der Waals surface area (Å²) in [6.45, 7) is 3.95. The average molecular weight is 213 g/mol. The molecule has 2 heterocycles. The number of nitrogens with zero attached hydrogens (tertiary/aromatic N) is 1. The van der Waals surface area contributed by atoms with E-state index in [0.717, 1.165) is 32.5 Å². The van der Waals surface area contributed by atoms with Crippen molar-refractivity contribution in [3.63, 3.8) is 0 Å². The smallest absolute Gasteiger partial charge is 0.251 e. The first kappa shape index (κ1) is 10.9. The van der Waals surface area contributed by atoms with Gasteiger partial charge < -0.3 is 10.1 Å². The fourth-order valence-corrected chi connectivity index (χ4v) is 1.98. The van der Waals surface area contributed by atoms with Crippen molar-refractivity contribution in [3.8, 4) is 0 Å². The van der Waals surface area contributed by atoms with Crippen LogP contribution in [0.5, 0.6) is 0 Å². The Balaban J connectivity index is 1.74. The topological polar surface area (TPSA) is 53.6 Å². The van der Waals surface area contributed by atoms with Gasteiger partial charge in [0.1, 0.15) is 0 Å². The van der Waals surface area contributed by atoms with Crippen molar-refractivity contribution in [2.24, 2.45) is 0 Å². The van der Waals surface area contributed by atoms with Gasteiger partial charge in [-0.05, 0) is 19.4 Å². The van der Waals surface area contributed by atoms with Crippen LogP contribution in [0.15, 0.2) is 0 Å². The summed E-state index contributed by atoms with van der Waals surface area (Å²) in [5.41, 5.74) is 2.94. The molecule has 0 aromatic heterocycles. The van der Waals surface area contributed by atoms with Gasteiger partial charge in [0.05, 0.1) is 19.3 Å². The van der Waals surface area contributed by atoms with Gasteiger partial charge in [-0.3, -0.25) is 10.2 Å². The Kier molecular flexibility index (Phi) is 3.94. The van der Waals surface area contributed by atoms with Crippen molar-refractivity contribution in [2.45, 2.75) is 25.3 Å². The molecule has 0 aromatic carbocycles. The molecular weight excluding hydrogens is 194 g/mol. The maximum absolute atomic E-state index is 11.8. The van der Waals surface area contributed by atoms with Crippen LogP contribution in [0.1, 0.15) is 19.3 Å². The van der Waals surface area contributed by atoms with Gasteiger partial charge in [-0.25, -0.2) is 5.01 Å². The van der Waals surface area contributed by atoms with Crippen molar-refractivity contribution < 1.29 is 9.53 Å². The summed E-state index contributed by atoms with van der Waals surface area (Å²) in [6, 6.07) is 0.00148. The van der Waals surface area contributed by atoms with Crippen molar-refractivity contribution >= 4 is 5.91 Å². The molecule has 2 aliphatic rings. The van der Waals surface area contributed by atoms with Crippen LogP contribution in [0.3, 0.4) is 0 Å². The van der Waals surface area contributed by atoms with E-state index >= 15 is 0 Å². The molecule has 0 bridgehead atoms. The Morgan fingerprint density at radius 2 is 2.13 bits per heavy atom. The van der Waals surface area contributed by atoms with E-state index < -0.39 is 0 Å². The number of nitrogens with one attached hydrogen (secondary N) is 2. The first-order chi connectivity index (χ1) is 7.36. The second-order valence-corrected chi connectivity index (χ2v) is 4.08. The zero-order valence-corrected chi connectivity index (χ0v) is 9.00. The lowest BCUT2D eigenvalue weighted by atomic mass is 10.0. The summed E-state index contributed by atoms with van der Waals surface area (Å²) < 4.78 is 5.22. The third-order valence-corrected chi connectivity index (χ3v) is 2.91. The van der Waals surface area contributed by atoms with E-state index in [1.807, 2.05) is 5.01 Å². The minimum absolute atomic E-state index is 0.00148. The molecule has 0 spiro atoms. The van der Waals surface area contributed by atoms with Gasteiger partial charge in [-0.2, -0.15) is 0 Å². The van der Waals surface area contributed by atoms with Crippen molar-refractivity contribution in [1.29, 1.82) is 0 Å². The minimum Gasteiger partial charge on any atom is -0.379 e. The third kappa shape index (κ3) is 3.15. The maximum Gasteiger partial charge on any atom is 0.251 e. The number of amides is 1. The number of hydrogen-bond donors (Lipinski definition) is 2. The number of morpholine rings is 1. The SMILES string of the molecule is O=C(NN1CCOCC1)C1CCCCN1. The Morgan fingerprint density at radius 1 is 1.33 bits per heavy atom. The van der Waals surface area contributed by atoms with E-state index in [4.69, 9.17) is 4.74 Å². The number of carbonyl (C=O) groups is 1. The second-order valence-electron chi connectivity index (χ2n) is 4.08. The van der Waals surface area contributed by atoms with E-state index in [2.05, 4.69) is 10.7 Å². The third-order valence-electron chi connectivity index (χ3n) is 2.91. The molecule has 86 valence electrons. The molecule has 0 aliphatic carbocycles. The molecule has 1 amide bonds. The fourth-order valence-electron chi connectivity index (χ4n) is 1.98. The summed E-state index contributed by atoms with van der Waals surface area (Å²) in [4.78, 5) is 11.8. The zero-order valence-electron chi connectivity index (χ0n) is 9.00. The molecule has 15 heavy (non-hydrogen) atoms. The monoisotopic (exact) mass is 213 g/mol. The minimum atomic E-state index is 0.00148. The predicted octanol–water partition coefficient (Wildman–Crippen LogP) is -0.508. The number of hydrogen-bond acceptors (Lipinski definition) is 4. The molecule has 2 aliphatic heterocycles. The van der Waals surface area contributed by atoms with E-state index in [1.54, 1.807) is 0 Å². The van der Waals surface area contributed by atoms with Crippen LogP contribution in [-0.4, -0.2) is 49.8 Å². The van der Waals surface area contributed by atoms with Crippen LogP contribution in [0.2, 0.25) is 0 Å². The molecule has 1 atom stereocenters. The Labute approximate surface area is 90.1 Å². The van der Waals surface area contributed by atoms with Crippen LogP contribution in [0, 0.1) is 0 Å². The molecule has 1 unspecified atom stereocenters. The predicted molar refractivity (Wildman–Crippen MR) is 56.2 cm³/mol. The largest absolute Gasteiger partial charge is 0.379 e. The lowest BCUT2D eigenvalue weighted by Crippen LogP contribution is -2.55. The second kappa shape index (κ2) is 5.44. The number of rotatable bonds is 2. The first-order valence-corrected chi connectivity index (χ1v) is 5.73. The van der Waals surface area contributed by atoms with E-state index in [9.17, 15) is 4.79 Å². The lowest BCUT2D eigenvalue weighted by Gasteiger charge is -2.30. The molecule has 0 radical (unpaired) electrons. The van der Waals surface area contributed by atoms with Gasteiger partial charge >= 0.3 is 0 Å². The van der Waals surface area contributed by atoms with Crippen LogP contribution in [0.25, 0.3) is 0 Å². The highest BCUT2D eigenvalue weighted by molar-refractivity contribution is 5.81. The lowest BCUT2D eigenvalue weighted by molar-refractivity contribution is -0.130. The van der Waals surface area contributed by atoms with Crippen LogP contribution in [0.4, 0.5) is 0 Å². The Morgan fingerprint density at radius 3 is 2.80 bits per heavy atom. The standard InChI is InChI=1S/C10H19N3O2/c14-10(9-3-1-2-4-11-9)12-13-5-7-15-8-6-13/h9,11H,1-8H2,(H,12,14). The van der Waals surface area contributed by atoms with Crippen molar-refractivity contribution in [1.82, 2.24) is 15.8 Å². The molecule has 2 N–H and O–H groups in total. The molecule has 0 aromatic rings. The molecule has 2 fully saturated rings. The highest BCUT2D eigenvalue weighted by Crippen LogP contribution is 2.07. The highest BCUT2D eigenvalue weighted by Gasteiger charge is 2.22. The van der Waals surface area contributed by atoms with Gasteiger partial charge in [0.25, 0.3) is 5.91 Å². The molecule has 0 saturated carbocycles. The van der Waals surface area contributed by atoms with Crippen molar-refractivity contribution in [3.05, 3.63) is 0 Å². The van der Waals surface area contributed by atoms with E-state index in [0.29, 0.717) is 13.2 Å². The quantitative estimate of drug-likeness (QED) is 0.649. The first-order valence-electron chi connectivity index (χ1n) is 5.73. The van der Waals surface area contributed by atoms with Crippen molar-refractivity contribution in [2.75, 3.05) is 32.8 Å². The summed E-state index contributed by atoms with van der Waals surface area (Å²) >= 11 is 0. The zero-order chi connectivity index (χ0) is 10.5. The normalized spacial score (nSPS) is 28.7. The molecule has 2 rings (SSSR count). The summed E-state index contributed by atoms with van der Waals surface area (Å²) in [6.07, 6.45) is 3.28. The van der Waals surface area contributed by atoms with E-state index in [1.165, 1.54) is 6.42 Å². The molecule has 5 nitrogen and oxygen atoms in total. The number of carbonyl (C=O) groups excluding carboxylic acids is 1. The molecule has 2 saturated heterocycles. The van der Waals surface area contributed by atoms with Crippen LogP contribution >= 0.6 is 0 Å². The summed E-state index contributed by atoms with van der Waals surface area (Å²) in [7, 11) is 0. The Bertz CT molecular complexity index is 211. The van der Waals surface area contributed by atoms with Gasteiger partial charge in [0, 0.05) is 13.1 Å². The summed E-state index contributed by atoms with van der Waals surface area (Å²) in [5, 5.41) is 5.19. The van der Waals surface area contributed by atoms with Gasteiger partial charge in [0.15, 0.2) is 0 Å². The van der Waals surface area contributed by atoms with Crippen LogP contribution in [-0.2, 0) is 9.53 Å². The average Bonchev–Trinajstić information content (AvgIpc) is 2.31. The summed E-state index contributed by atoms with van der Waals surface area (Å²) in [5.74, 6) is 0.108. The number of piperidine rings is 1. The maximum atomic E-state index is 11.8. The molecule has 5 heteroatoms. The highest BCUT2D eigenvalue weighted by atomic mass is 16.5. The number of ether oxygens (including phenoxy) is 1. The van der Waals surface area contributed by atoms with Gasteiger partial charge in [-0.1, -0.05) is 6.42 Å². The number of hydrazine groups is 1. The van der Waals surface area contributed by atoms with Crippen LogP contribution < -0.4 is 10.7 Å². The molecular formula is C10H19N3O2. The Hall–Kier alpha value is -0.650.